The van der Waals surface area contributed by atoms with Crippen LogP contribution in [0, 0.1) is 17.8 Å². The van der Waals surface area contributed by atoms with E-state index < -0.39 is 0 Å². The first-order chi connectivity index (χ1) is 8.16. The maximum absolute atomic E-state index is 9.83. The van der Waals surface area contributed by atoms with Crippen LogP contribution in [0.25, 0.3) is 0 Å². The summed E-state index contributed by atoms with van der Waals surface area (Å²) in [5.74, 6) is 2.28. The van der Waals surface area contributed by atoms with Gasteiger partial charge in [0.2, 0.25) is 0 Å². The van der Waals surface area contributed by atoms with Gasteiger partial charge < -0.3 is 10.4 Å². The maximum atomic E-state index is 9.83. The molecule has 2 rings (SSSR count). The Balaban J connectivity index is 1.69. The predicted octanol–water partition coefficient (Wildman–Crippen LogP) is 2.95. The molecule has 2 N–H and O–H groups in total. The monoisotopic (exact) mass is 239 g/mol. The van der Waals surface area contributed by atoms with Crippen LogP contribution in [0.15, 0.2) is 0 Å². The molecule has 2 fully saturated rings. The number of hydrogen-bond acceptors (Lipinski definition) is 2. The first-order valence-electron chi connectivity index (χ1n) is 7.58. The van der Waals surface area contributed by atoms with Gasteiger partial charge in [-0.15, -0.1) is 0 Å². The van der Waals surface area contributed by atoms with Gasteiger partial charge in [0, 0.05) is 12.6 Å². The van der Waals surface area contributed by atoms with Crippen LogP contribution < -0.4 is 5.32 Å². The summed E-state index contributed by atoms with van der Waals surface area (Å²) in [5.41, 5.74) is 0. The van der Waals surface area contributed by atoms with Gasteiger partial charge in [-0.05, 0) is 56.3 Å². The van der Waals surface area contributed by atoms with E-state index in [2.05, 4.69) is 19.2 Å². The van der Waals surface area contributed by atoms with Crippen LogP contribution in [0.3, 0.4) is 0 Å². The summed E-state index contributed by atoms with van der Waals surface area (Å²) < 4.78 is 0. The first-order valence-corrected chi connectivity index (χ1v) is 7.58. The molecule has 0 aromatic rings. The van der Waals surface area contributed by atoms with Crippen molar-refractivity contribution in [3.05, 3.63) is 0 Å². The maximum Gasteiger partial charge on any atom is 0.0580 e. The van der Waals surface area contributed by atoms with Gasteiger partial charge >= 0.3 is 0 Å². The highest BCUT2D eigenvalue weighted by atomic mass is 16.3. The second-order valence-electron chi connectivity index (χ2n) is 6.58. The van der Waals surface area contributed by atoms with Crippen molar-refractivity contribution in [2.75, 3.05) is 6.54 Å². The Morgan fingerprint density at radius 3 is 2.41 bits per heavy atom. The quantitative estimate of drug-likeness (QED) is 0.716. The minimum atomic E-state index is -0.0348. The lowest BCUT2D eigenvalue weighted by Crippen LogP contribution is -2.37. The molecule has 0 radical (unpaired) electrons. The molecule has 2 heteroatoms. The molecular formula is C15H29NO. The Morgan fingerprint density at radius 2 is 1.88 bits per heavy atom. The third-order valence-corrected chi connectivity index (χ3v) is 4.51. The van der Waals surface area contributed by atoms with Gasteiger partial charge in [0.15, 0.2) is 0 Å². The molecule has 2 nitrogen and oxygen atoms in total. The summed E-state index contributed by atoms with van der Waals surface area (Å²) in [5, 5.41) is 13.6. The van der Waals surface area contributed by atoms with Gasteiger partial charge in [-0.3, -0.25) is 0 Å². The third kappa shape index (κ3) is 4.26. The van der Waals surface area contributed by atoms with Crippen molar-refractivity contribution in [3.8, 4) is 0 Å². The zero-order valence-electron chi connectivity index (χ0n) is 11.5. The van der Waals surface area contributed by atoms with Crippen molar-refractivity contribution in [2.24, 2.45) is 17.8 Å². The molecule has 17 heavy (non-hydrogen) atoms. The van der Waals surface area contributed by atoms with Gasteiger partial charge in [0.1, 0.15) is 0 Å². The summed E-state index contributed by atoms with van der Waals surface area (Å²) in [6.45, 7) is 5.66. The van der Waals surface area contributed by atoms with Crippen molar-refractivity contribution in [2.45, 2.75) is 70.9 Å². The van der Waals surface area contributed by atoms with Crippen LogP contribution in [0.1, 0.15) is 58.8 Å². The summed E-state index contributed by atoms with van der Waals surface area (Å²) in [4.78, 5) is 0. The Labute approximate surface area is 106 Å². The average molecular weight is 239 g/mol. The molecule has 0 saturated heterocycles. The van der Waals surface area contributed by atoms with Crippen LogP contribution in [-0.2, 0) is 0 Å². The van der Waals surface area contributed by atoms with E-state index in [4.69, 9.17) is 0 Å². The minimum Gasteiger partial charge on any atom is -0.393 e. The van der Waals surface area contributed by atoms with E-state index in [-0.39, 0.29) is 6.10 Å². The predicted molar refractivity (Wildman–Crippen MR) is 71.9 cm³/mol. The van der Waals surface area contributed by atoms with E-state index in [0.717, 1.165) is 30.8 Å². The normalized spacial score (nSPS) is 31.1. The molecule has 100 valence electrons. The second kappa shape index (κ2) is 6.19. The van der Waals surface area contributed by atoms with Crippen LogP contribution in [0.2, 0.25) is 0 Å². The first kappa shape index (κ1) is 13.4. The van der Waals surface area contributed by atoms with Crippen LogP contribution in [0.4, 0.5) is 0 Å². The number of hydrogen-bond donors (Lipinski definition) is 2. The Kier molecular flexibility index (Phi) is 4.87. The van der Waals surface area contributed by atoms with Crippen LogP contribution in [-0.4, -0.2) is 23.8 Å². The van der Waals surface area contributed by atoms with Crippen molar-refractivity contribution < 1.29 is 5.11 Å². The molecule has 0 aliphatic heterocycles. The van der Waals surface area contributed by atoms with Crippen molar-refractivity contribution in [1.82, 2.24) is 5.32 Å². The van der Waals surface area contributed by atoms with Crippen molar-refractivity contribution in [1.29, 1.82) is 0 Å². The van der Waals surface area contributed by atoms with E-state index in [1.165, 1.54) is 38.5 Å². The fourth-order valence-electron chi connectivity index (χ4n) is 3.07. The van der Waals surface area contributed by atoms with Gasteiger partial charge in [-0.1, -0.05) is 20.3 Å². The molecule has 0 amide bonds. The Bertz CT molecular complexity index is 225. The van der Waals surface area contributed by atoms with E-state index in [1.54, 1.807) is 0 Å². The van der Waals surface area contributed by atoms with Crippen LogP contribution >= 0.6 is 0 Å². The zero-order chi connectivity index (χ0) is 12.3. The van der Waals surface area contributed by atoms with Gasteiger partial charge in [0.05, 0.1) is 6.10 Å². The van der Waals surface area contributed by atoms with Crippen LogP contribution in [0.5, 0.6) is 0 Å². The highest BCUT2D eigenvalue weighted by Gasteiger charge is 2.32. The third-order valence-electron chi connectivity index (χ3n) is 4.51. The number of aliphatic hydroxyl groups is 1. The molecule has 0 aromatic heterocycles. The van der Waals surface area contributed by atoms with E-state index >= 15 is 0 Å². The number of nitrogens with one attached hydrogen (secondary N) is 1. The fraction of sp³-hybridized carbons (Fsp3) is 1.00. The summed E-state index contributed by atoms with van der Waals surface area (Å²) in [7, 11) is 0. The molecule has 2 aliphatic rings. The molecule has 0 aromatic carbocycles. The number of aliphatic hydroxyl groups excluding tert-OH is 1. The topological polar surface area (TPSA) is 32.3 Å². The van der Waals surface area contributed by atoms with E-state index in [0.29, 0.717) is 5.92 Å². The SMILES string of the molecule is CC(C)CCC(NCC1CCCC1O)C1CC1. The molecule has 0 heterocycles. The lowest BCUT2D eigenvalue weighted by atomic mass is 9.99. The molecule has 0 bridgehead atoms. The van der Waals surface area contributed by atoms with Crippen molar-refractivity contribution >= 4 is 0 Å². The second-order valence-corrected chi connectivity index (χ2v) is 6.58. The highest BCUT2D eigenvalue weighted by Crippen LogP contribution is 2.35. The standard InChI is InChI=1S/C15H29NO/c1-11(2)6-9-14(12-7-8-12)16-10-13-4-3-5-15(13)17/h11-17H,3-10H2,1-2H3. The lowest BCUT2D eigenvalue weighted by molar-refractivity contribution is 0.128. The van der Waals surface area contributed by atoms with Gasteiger partial charge in [0.25, 0.3) is 0 Å². The Hall–Kier alpha value is -0.0800. The van der Waals surface area contributed by atoms with Gasteiger partial charge in [-0.25, -0.2) is 0 Å². The zero-order valence-corrected chi connectivity index (χ0v) is 11.5. The Morgan fingerprint density at radius 1 is 1.12 bits per heavy atom. The average Bonchev–Trinajstić information content (AvgIpc) is 3.03. The fourth-order valence-corrected chi connectivity index (χ4v) is 3.07. The lowest BCUT2D eigenvalue weighted by Gasteiger charge is -2.23. The van der Waals surface area contributed by atoms with Crippen molar-refractivity contribution in [3.63, 3.8) is 0 Å². The summed E-state index contributed by atoms with van der Waals surface area (Å²) in [6, 6.07) is 0.727. The molecule has 3 atom stereocenters. The molecule has 2 saturated carbocycles. The molecule has 0 spiro atoms. The van der Waals surface area contributed by atoms with Gasteiger partial charge in [-0.2, -0.15) is 0 Å². The molecule has 3 unspecified atom stereocenters. The largest absolute Gasteiger partial charge is 0.393 e. The smallest absolute Gasteiger partial charge is 0.0580 e. The molecule has 2 aliphatic carbocycles. The summed E-state index contributed by atoms with van der Waals surface area (Å²) in [6.07, 6.45) is 8.92. The summed E-state index contributed by atoms with van der Waals surface area (Å²) >= 11 is 0. The minimum absolute atomic E-state index is 0.0348. The highest BCUT2D eigenvalue weighted by molar-refractivity contribution is 4.88. The van der Waals surface area contributed by atoms with E-state index in [1.807, 2.05) is 0 Å². The van der Waals surface area contributed by atoms with E-state index in [9.17, 15) is 5.11 Å². The number of rotatable bonds is 7. The molecular weight excluding hydrogens is 210 g/mol.